The summed E-state index contributed by atoms with van der Waals surface area (Å²) in [5.41, 5.74) is 1.51. The van der Waals surface area contributed by atoms with Gasteiger partial charge >= 0.3 is 0 Å². The first-order chi connectivity index (χ1) is 9.63. The number of unbranched alkanes of at least 4 members (excludes halogenated alkanes) is 1. The molecule has 0 atom stereocenters. The molecule has 0 spiro atoms. The predicted molar refractivity (Wildman–Crippen MR) is 83.1 cm³/mol. The van der Waals surface area contributed by atoms with Crippen LogP contribution in [-0.4, -0.2) is 49.5 Å². The molecule has 2 N–H and O–H groups in total. The number of hydrogen-bond donors (Lipinski definition) is 2. The summed E-state index contributed by atoms with van der Waals surface area (Å²) in [4.78, 5) is 18.2. The molecule has 0 aliphatic carbocycles. The number of amides is 1. The Morgan fingerprint density at radius 2 is 2.05 bits per heavy atom. The first kappa shape index (κ1) is 16.4. The van der Waals surface area contributed by atoms with Crippen LogP contribution in [0.3, 0.4) is 0 Å². The molecule has 0 aromatic carbocycles. The van der Waals surface area contributed by atoms with Gasteiger partial charge in [0, 0.05) is 25.5 Å². The van der Waals surface area contributed by atoms with Gasteiger partial charge in [-0.05, 0) is 39.5 Å². The molecule has 5 nitrogen and oxygen atoms in total. The molecule has 5 heteroatoms. The Labute approximate surface area is 121 Å². The Hall–Kier alpha value is -1.62. The Kier molecular flexibility index (Phi) is 7.65. The molecule has 0 fully saturated rings. The summed E-state index contributed by atoms with van der Waals surface area (Å²) >= 11 is 0. The van der Waals surface area contributed by atoms with Crippen molar-refractivity contribution >= 4 is 11.6 Å². The van der Waals surface area contributed by atoms with Gasteiger partial charge in [0.25, 0.3) is 5.91 Å². The number of rotatable bonds is 9. The fourth-order valence-corrected chi connectivity index (χ4v) is 1.77. The summed E-state index contributed by atoms with van der Waals surface area (Å²) in [6, 6.07) is 1.85. The molecular formula is C15H26N4O. The molecule has 1 heterocycles. The molecule has 1 rings (SSSR count). The molecule has 0 bridgehead atoms. The first-order valence-electron chi connectivity index (χ1n) is 7.25. The lowest BCUT2D eigenvalue weighted by Crippen LogP contribution is -2.27. The number of anilines is 1. The predicted octanol–water partition coefficient (Wildman–Crippen LogP) is 1.98. The zero-order valence-electron chi connectivity index (χ0n) is 12.8. The van der Waals surface area contributed by atoms with E-state index in [2.05, 4.69) is 27.4 Å². The molecule has 0 unspecified atom stereocenters. The van der Waals surface area contributed by atoms with Crippen LogP contribution < -0.4 is 10.6 Å². The number of carbonyl (C=O) groups is 1. The van der Waals surface area contributed by atoms with Gasteiger partial charge in [0.2, 0.25) is 0 Å². The third kappa shape index (κ3) is 6.52. The molecular weight excluding hydrogens is 252 g/mol. The van der Waals surface area contributed by atoms with Gasteiger partial charge in [-0.1, -0.05) is 13.3 Å². The van der Waals surface area contributed by atoms with Crippen molar-refractivity contribution in [3.05, 3.63) is 24.0 Å². The van der Waals surface area contributed by atoms with E-state index in [0.717, 1.165) is 38.0 Å². The second kappa shape index (κ2) is 9.31. The van der Waals surface area contributed by atoms with Crippen molar-refractivity contribution in [2.45, 2.75) is 26.2 Å². The van der Waals surface area contributed by atoms with Crippen molar-refractivity contribution < 1.29 is 4.79 Å². The molecule has 1 aromatic heterocycles. The molecule has 0 saturated carbocycles. The molecule has 0 aliphatic heterocycles. The van der Waals surface area contributed by atoms with Crippen LogP contribution in [0.4, 0.5) is 5.69 Å². The van der Waals surface area contributed by atoms with Crippen molar-refractivity contribution in [1.29, 1.82) is 0 Å². The van der Waals surface area contributed by atoms with Gasteiger partial charge in [-0.3, -0.25) is 9.78 Å². The minimum atomic E-state index is -0.0598. The van der Waals surface area contributed by atoms with Gasteiger partial charge in [0.1, 0.15) is 0 Å². The van der Waals surface area contributed by atoms with Crippen LogP contribution in [-0.2, 0) is 0 Å². The maximum absolute atomic E-state index is 12.0. The van der Waals surface area contributed by atoms with Crippen LogP contribution in [0.25, 0.3) is 0 Å². The van der Waals surface area contributed by atoms with E-state index in [1.54, 1.807) is 12.4 Å². The summed E-state index contributed by atoms with van der Waals surface area (Å²) in [5.74, 6) is -0.0598. The van der Waals surface area contributed by atoms with Crippen molar-refractivity contribution in [2.75, 3.05) is 39.0 Å². The molecule has 0 aliphatic rings. The lowest BCUT2D eigenvalue weighted by molar-refractivity contribution is 0.0952. The summed E-state index contributed by atoms with van der Waals surface area (Å²) in [6.07, 6.45) is 6.55. The highest BCUT2D eigenvalue weighted by Gasteiger charge is 2.06. The highest BCUT2D eigenvalue weighted by Crippen LogP contribution is 2.08. The van der Waals surface area contributed by atoms with E-state index in [0.29, 0.717) is 12.1 Å². The molecule has 20 heavy (non-hydrogen) atoms. The van der Waals surface area contributed by atoms with Gasteiger partial charge in [-0.15, -0.1) is 0 Å². The summed E-state index contributed by atoms with van der Waals surface area (Å²) in [7, 11) is 4.05. The van der Waals surface area contributed by atoms with Gasteiger partial charge in [0.05, 0.1) is 11.3 Å². The molecule has 0 radical (unpaired) electrons. The maximum Gasteiger partial charge on any atom is 0.252 e. The fourth-order valence-electron chi connectivity index (χ4n) is 1.77. The fraction of sp³-hybridized carbons (Fsp3) is 0.600. The zero-order chi connectivity index (χ0) is 14.8. The summed E-state index contributed by atoms with van der Waals surface area (Å²) in [5, 5.41) is 6.19. The average molecular weight is 278 g/mol. The Morgan fingerprint density at radius 3 is 2.75 bits per heavy atom. The van der Waals surface area contributed by atoms with E-state index in [-0.39, 0.29) is 5.91 Å². The largest absolute Gasteiger partial charge is 0.384 e. The zero-order valence-corrected chi connectivity index (χ0v) is 12.8. The third-order valence-electron chi connectivity index (χ3n) is 2.93. The van der Waals surface area contributed by atoms with Crippen LogP contribution in [0.1, 0.15) is 36.5 Å². The topological polar surface area (TPSA) is 57.3 Å². The van der Waals surface area contributed by atoms with E-state index >= 15 is 0 Å². The lowest BCUT2D eigenvalue weighted by atomic mass is 10.2. The number of carbonyl (C=O) groups excluding carboxylic acids is 1. The first-order valence-corrected chi connectivity index (χ1v) is 7.25. The van der Waals surface area contributed by atoms with Crippen molar-refractivity contribution in [2.24, 2.45) is 0 Å². The summed E-state index contributed by atoms with van der Waals surface area (Å²) < 4.78 is 0. The van der Waals surface area contributed by atoms with Crippen LogP contribution in [0.5, 0.6) is 0 Å². The maximum atomic E-state index is 12.0. The van der Waals surface area contributed by atoms with Crippen molar-refractivity contribution in [1.82, 2.24) is 15.2 Å². The highest BCUT2D eigenvalue weighted by atomic mass is 16.1. The van der Waals surface area contributed by atoms with Gasteiger partial charge in [0.15, 0.2) is 0 Å². The van der Waals surface area contributed by atoms with Crippen molar-refractivity contribution in [3.63, 3.8) is 0 Å². The quantitative estimate of drug-likeness (QED) is 0.678. The smallest absolute Gasteiger partial charge is 0.252 e. The van der Waals surface area contributed by atoms with Crippen LogP contribution in [0, 0.1) is 0 Å². The number of pyridine rings is 1. The number of nitrogens with one attached hydrogen (secondary N) is 2. The molecule has 1 aromatic rings. The normalized spacial score (nSPS) is 10.6. The SMILES string of the molecule is CCCCNc1cncc(C(=O)NCCCN(C)C)c1. The average Bonchev–Trinajstić information content (AvgIpc) is 2.44. The van der Waals surface area contributed by atoms with Crippen LogP contribution in [0.2, 0.25) is 0 Å². The Bertz CT molecular complexity index is 407. The number of nitrogens with zero attached hydrogens (tertiary/aromatic N) is 2. The van der Waals surface area contributed by atoms with E-state index in [4.69, 9.17) is 0 Å². The van der Waals surface area contributed by atoms with Crippen molar-refractivity contribution in [3.8, 4) is 0 Å². The lowest BCUT2D eigenvalue weighted by Gasteiger charge is -2.10. The van der Waals surface area contributed by atoms with Gasteiger partial charge in [-0.25, -0.2) is 0 Å². The van der Waals surface area contributed by atoms with Gasteiger partial charge < -0.3 is 15.5 Å². The highest BCUT2D eigenvalue weighted by molar-refractivity contribution is 5.94. The number of aromatic nitrogens is 1. The minimum absolute atomic E-state index is 0.0598. The molecule has 1 amide bonds. The Balaban J connectivity index is 2.41. The Morgan fingerprint density at radius 1 is 1.25 bits per heavy atom. The second-order valence-corrected chi connectivity index (χ2v) is 5.16. The minimum Gasteiger partial charge on any atom is -0.384 e. The van der Waals surface area contributed by atoms with E-state index in [9.17, 15) is 4.79 Å². The van der Waals surface area contributed by atoms with E-state index in [1.807, 2.05) is 20.2 Å². The monoisotopic (exact) mass is 278 g/mol. The summed E-state index contributed by atoms with van der Waals surface area (Å²) in [6.45, 7) is 4.71. The van der Waals surface area contributed by atoms with Crippen LogP contribution in [0.15, 0.2) is 18.5 Å². The third-order valence-corrected chi connectivity index (χ3v) is 2.93. The van der Waals surface area contributed by atoms with E-state index in [1.165, 1.54) is 0 Å². The van der Waals surface area contributed by atoms with E-state index < -0.39 is 0 Å². The van der Waals surface area contributed by atoms with Gasteiger partial charge in [-0.2, -0.15) is 0 Å². The standard InChI is InChI=1S/C15H26N4O/c1-4-5-7-17-14-10-13(11-16-12-14)15(20)18-8-6-9-19(2)3/h10-12,17H,4-9H2,1-3H3,(H,18,20). The molecule has 112 valence electrons. The molecule has 0 saturated heterocycles. The number of hydrogen-bond acceptors (Lipinski definition) is 4. The van der Waals surface area contributed by atoms with Crippen LogP contribution >= 0.6 is 0 Å². The second-order valence-electron chi connectivity index (χ2n) is 5.16.